The normalized spacial score (nSPS) is 13.2. The smallest absolute Gasteiger partial charge is 0.335 e. The Hall–Kier alpha value is -1.18. The molecule has 0 aromatic rings. The van der Waals surface area contributed by atoms with E-state index in [2.05, 4.69) is 13.8 Å². The van der Waals surface area contributed by atoms with Gasteiger partial charge in [-0.2, -0.15) is 0 Å². The lowest BCUT2D eigenvalue weighted by Crippen LogP contribution is -2.39. The van der Waals surface area contributed by atoms with Crippen LogP contribution in [0, 0.1) is 0 Å². The molecule has 0 amide bonds. The molecule has 102 valence electrons. The topological polar surface area (TPSA) is 124 Å². The van der Waals surface area contributed by atoms with Crippen molar-refractivity contribution in [2.24, 2.45) is 0 Å². The number of aliphatic hydroxyl groups excluding tert-OH is 2. The second-order valence-electron chi connectivity index (χ2n) is 3.18. The third kappa shape index (κ3) is 11.1. The van der Waals surface area contributed by atoms with E-state index in [1.807, 2.05) is 0 Å². The van der Waals surface area contributed by atoms with Gasteiger partial charge >= 0.3 is 11.9 Å². The van der Waals surface area contributed by atoms with Gasteiger partial charge in [0, 0.05) is 13.2 Å². The van der Waals surface area contributed by atoms with Gasteiger partial charge in [-0.05, 0) is 12.8 Å². The summed E-state index contributed by atoms with van der Waals surface area (Å²) in [7, 11) is 0. The molecule has 0 aromatic carbocycles. The van der Waals surface area contributed by atoms with Crippen LogP contribution in [0.1, 0.15) is 26.7 Å². The van der Waals surface area contributed by atoms with Gasteiger partial charge in [-0.15, -0.1) is 0 Å². The van der Waals surface area contributed by atoms with E-state index >= 15 is 0 Å². The van der Waals surface area contributed by atoms with Crippen LogP contribution in [0.4, 0.5) is 0 Å². The first-order valence-electron chi connectivity index (χ1n) is 5.27. The number of aliphatic carboxylic acids is 2. The van der Waals surface area contributed by atoms with Crippen LogP contribution in [0.3, 0.4) is 0 Å². The van der Waals surface area contributed by atoms with Crippen LogP contribution >= 0.6 is 0 Å². The van der Waals surface area contributed by atoms with Gasteiger partial charge in [-0.1, -0.05) is 13.8 Å². The number of rotatable bonds is 7. The number of carboxylic acid groups (broad SMARTS) is 2. The largest absolute Gasteiger partial charge is 0.479 e. The number of hydrogen-bond acceptors (Lipinski definition) is 5. The van der Waals surface area contributed by atoms with Crippen molar-refractivity contribution in [3.8, 4) is 0 Å². The van der Waals surface area contributed by atoms with Gasteiger partial charge in [0.15, 0.2) is 12.2 Å². The predicted octanol–water partition coefficient (Wildman–Crippen LogP) is -0.300. The molecule has 2 atom stereocenters. The molecule has 0 bridgehead atoms. The molecule has 0 aliphatic carbocycles. The van der Waals surface area contributed by atoms with Gasteiger partial charge in [0.2, 0.25) is 0 Å². The Morgan fingerprint density at radius 1 is 0.941 bits per heavy atom. The van der Waals surface area contributed by atoms with Gasteiger partial charge in [-0.25, -0.2) is 9.59 Å². The highest BCUT2D eigenvalue weighted by molar-refractivity contribution is 5.83. The molecular formula is C10H20O7. The second-order valence-corrected chi connectivity index (χ2v) is 3.18. The van der Waals surface area contributed by atoms with Crippen molar-refractivity contribution in [1.82, 2.24) is 0 Å². The third-order valence-corrected chi connectivity index (χ3v) is 1.50. The summed E-state index contributed by atoms with van der Waals surface area (Å²) in [6.07, 6.45) is -2.25. The summed E-state index contributed by atoms with van der Waals surface area (Å²) in [6, 6.07) is 0. The zero-order valence-electron chi connectivity index (χ0n) is 10.00. The molecule has 0 aromatic heterocycles. The number of ether oxygens (including phenoxy) is 1. The minimum absolute atomic E-state index is 0.924. The number of aliphatic hydroxyl groups is 2. The lowest BCUT2D eigenvalue weighted by molar-refractivity contribution is -0.165. The van der Waals surface area contributed by atoms with Crippen LogP contribution in [-0.2, 0) is 14.3 Å². The van der Waals surface area contributed by atoms with Crippen molar-refractivity contribution in [1.29, 1.82) is 0 Å². The van der Waals surface area contributed by atoms with E-state index in [9.17, 15) is 9.59 Å². The molecular weight excluding hydrogens is 232 g/mol. The zero-order valence-corrected chi connectivity index (χ0v) is 10.00. The number of carboxylic acids is 2. The fraction of sp³-hybridized carbons (Fsp3) is 0.800. The summed E-state index contributed by atoms with van der Waals surface area (Å²) < 4.78 is 5.13. The van der Waals surface area contributed by atoms with Crippen LogP contribution in [0.15, 0.2) is 0 Å². The Labute approximate surface area is 99.6 Å². The van der Waals surface area contributed by atoms with E-state index in [0.717, 1.165) is 26.1 Å². The summed E-state index contributed by atoms with van der Waals surface area (Å²) in [4.78, 5) is 19.5. The quantitative estimate of drug-likeness (QED) is 0.458. The van der Waals surface area contributed by atoms with Gasteiger partial charge < -0.3 is 25.2 Å². The standard InChI is InChI=1S/C6H14O.C4H6O6/c1-3-5-7-6-4-2;5-1(3(7)8)2(6)4(9)10/h3-6H2,1-2H3;1-2,5-6H,(H,7,8)(H,9,10). The van der Waals surface area contributed by atoms with E-state index in [-0.39, 0.29) is 0 Å². The van der Waals surface area contributed by atoms with Crippen LogP contribution in [-0.4, -0.2) is 57.8 Å². The van der Waals surface area contributed by atoms with Gasteiger partial charge in [0.05, 0.1) is 0 Å². The summed E-state index contributed by atoms with van der Waals surface area (Å²) in [5.74, 6) is -3.54. The molecule has 0 heterocycles. The Bertz CT molecular complexity index is 195. The van der Waals surface area contributed by atoms with Crippen LogP contribution < -0.4 is 0 Å². The first-order chi connectivity index (χ1) is 7.88. The molecule has 0 aliphatic heterocycles. The molecule has 0 saturated heterocycles. The highest BCUT2D eigenvalue weighted by Gasteiger charge is 2.29. The number of carbonyl (C=O) groups is 2. The molecule has 0 spiro atoms. The van der Waals surface area contributed by atoms with Crippen LogP contribution in [0.25, 0.3) is 0 Å². The van der Waals surface area contributed by atoms with Crippen molar-refractivity contribution in [2.75, 3.05) is 13.2 Å². The Balaban J connectivity index is 0. The highest BCUT2D eigenvalue weighted by atomic mass is 16.5. The van der Waals surface area contributed by atoms with E-state index < -0.39 is 24.1 Å². The van der Waals surface area contributed by atoms with Crippen molar-refractivity contribution in [3.63, 3.8) is 0 Å². The molecule has 0 rings (SSSR count). The van der Waals surface area contributed by atoms with E-state index in [1.54, 1.807) is 0 Å². The molecule has 0 fully saturated rings. The van der Waals surface area contributed by atoms with Gasteiger partial charge in [0.1, 0.15) is 0 Å². The second kappa shape index (κ2) is 11.3. The lowest BCUT2D eigenvalue weighted by atomic mass is 10.2. The maximum Gasteiger partial charge on any atom is 0.335 e. The first-order valence-corrected chi connectivity index (χ1v) is 5.27. The summed E-state index contributed by atoms with van der Waals surface area (Å²) in [6.45, 7) is 6.09. The Morgan fingerprint density at radius 2 is 1.24 bits per heavy atom. The molecule has 0 aliphatic rings. The van der Waals surface area contributed by atoms with Crippen molar-refractivity contribution < 1.29 is 34.8 Å². The molecule has 4 N–H and O–H groups in total. The minimum atomic E-state index is -2.27. The van der Waals surface area contributed by atoms with Gasteiger partial charge in [-0.3, -0.25) is 0 Å². The molecule has 7 nitrogen and oxygen atoms in total. The van der Waals surface area contributed by atoms with Crippen LogP contribution in [0.5, 0.6) is 0 Å². The molecule has 7 heteroatoms. The molecule has 0 saturated carbocycles. The average Bonchev–Trinajstić information content (AvgIpc) is 2.28. The fourth-order valence-electron chi connectivity index (χ4n) is 0.661. The Kier molecular flexibility index (Phi) is 12.1. The lowest BCUT2D eigenvalue weighted by Gasteiger charge is -2.07. The van der Waals surface area contributed by atoms with Crippen molar-refractivity contribution in [2.45, 2.75) is 38.9 Å². The zero-order chi connectivity index (χ0) is 13.8. The Morgan fingerprint density at radius 3 is 1.41 bits per heavy atom. The van der Waals surface area contributed by atoms with Gasteiger partial charge in [0.25, 0.3) is 0 Å². The SMILES string of the molecule is CCCOCCC.O=C(O)C(O)C(O)C(=O)O. The summed E-state index contributed by atoms with van der Waals surface area (Å²) in [5, 5.41) is 32.5. The maximum atomic E-state index is 9.77. The molecule has 17 heavy (non-hydrogen) atoms. The number of hydrogen-bond donors (Lipinski definition) is 4. The van der Waals surface area contributed by atoms with Crippen molar-refractivity contribution in [3.05, 3.63) is 0 Å². The summed E-state index contributed by atoms with van der Waals surface area (Å²) >= 11 is 0. The maximum absolute atomic E-state index is 9.77. The van der Waals surface area contributed by atoms with Crippen molar-refractivity contribution >= 4 is 11.9 Å². The molecule has 0 radical (unpaired) electrons. The van der Waals surface area contributed by atoms with E-state index in [1.165, 1.54) is 0 Å². The monoisotopic (exact) mass is 252 g/mol. The third-order valence-electron chi connectivity index (χ3n) is 1.50. The molecule has 2 unspecified atom stereocenters. The van der Waals surface area contributed by atoms with E-state index in [0.29, 0.717) is 0 Å². The first kappa shape index (κ1) is 18.2. The fourth-order valence-corrected chi connectivity index (χ4v) is 0.661. The van der Waals surface area contributed by atoms with Crippen LogP contribution in [0.2, 0.25) is 0 Å². The predicted molar refractivity (Wildman–Crippen MR) is 58.7 cm³/mol. The average molecular weight is 252 g/mol. The summed E-state index contributed by atoms with van der Waals surface area (Å²) in [5.41, 5.74) is 0. The highest BCUT2D eigenvalue weighted by Crippen LogP contribution is 1.92. The minimum Gasteiger partial charge on any atom is -0.479 e. The van der Waals surface area contributed by atoms with E-state index in [4.69, 9.17) is 25.2 Å².